The summed E-state index contributed by atoms with van der Waals surface area (Å²) in [6.07, 6.45) is 8.37. The van der Waals surface area contributed by atoms with Gasteiger partial charge in [-0.15, -0.1) is 0 Å². The smallest absolute Gasteiger partial charge is 0.191 e. The molecule has 0 atom stereocenters. The van der Waals surface area contributed by atoms with Crippen LogP contribution >= 0.6 is 0 Å². The van der Waals surface area contributed by atoms with Crippen molar-refractivity contribution >= 4 is 16.9 Å². The van der Waals surface area contributed by atoms with Crippen molar-refractivity contribution in [1.29, 1.82) is 0 Å². The Morgan fingerprint density at radius 3 is 2.69 bits per heavy atom. The fraction of sp³-hybridized carbons (Fsp3) is 0.565. The Morgan fingerprint density at radius 1 is 1.10 bits per heavy atom. The first kappa shape index (κ1) is 20.1. The van der Waals surface area contributed by atoms with Crippen molar-refractivity contribution in [2.45, 2.75) is 44.2 Å². The molecular formula is C23H33N5O. The van der Waals surface area contributed by atoms with Crippen molar-refractivity contribution < 1.29 is 4.74 Å². The van der Waals surface area contributed by atoms with Crippen LogP contribution < -0.4 is 10.6 Å². The molecular weight excluding hydrogens is 362 g/mol. The molecule has 156 valence electrons. The molecule has 0 unspecified atom stereocenters. The molecule has 0 spiro atoms. The zero-order valence-corrected chi connectivity index (χ0v) is 17.5. The number of hydrogen-bond donors (Lipinski definition) is 2. The summed E-state index contributed by atoms with van der Waals surface area (Å²) in [6, 6.07) is 10.4. The van der Waals surface area contributed by atoms with Crippen LogP contribution in [0.15, 0.2) is 41.5 Å². The Balaban J connectivity index is 1.40. The number of rotatable bonds is 5. The number of aromatic nitrogens is 1. The first-order valence-electron chi connectivity index (χ1n) is 10.9. The highest BCUT2D eigenvalue weighted by atomic mass is 16.5. The van der Waals surface area contributed by atoms with E-state index in [2.05, 4.69) is 49.8 Å². The molecule has 0 amide bonds. The number of nitrogens with zero attached hydrogens (tertiary/aromatic N) is 3. The molecule has 1 aliphatic carbocycles. The Hall–Kier alpha value is -2.18. The van der Waals surface area contributed by atoms with E-state index in [9.17, 15) is 0 Å². The summed E-state index contributed by atoms with van der Waals surface area (Å²) >= 11 is 0. The highest BCUT2D eigenvalue weighted by Gasteiger charge is 2.38. The van der Waals surface area contributed by atoms with Crippen LogP contribution in [0.5, 0.6) is 0 Å². The zero-order valence-electron chi connectivity index (χ0n) is 17.5. The van der Waals surface area contributed by atoms with Gasteiger partial charge in [0.05, 0.1) is 18.7 Å². The summed E-state index contributed by atoms with van der Waals surface area (Å²) in [5.74, 6) is 0.865. The van der Waals surface area contributed by atoms with Gasteiger partial charge in [-0.2, -0.15) is 0 Å². The molecule has 1 saturated heterocycles. The largest absolute Gasteiger partial charge is 0.379 e. The van der Waals surface area contributed by atoms with Crippen LogP contribution in [0.4, 0.5) is 0 Å². The zero-order chi connectivity index (χ0) is 19.9. The van der Waals surface area contributed by atoms with Crippen molar-refractivity contribution in [2.75, 3.05) is 39.9 Å². The van der Waals surface area contributed by atoms with Crippen LogP contribution in [0, 0.1) is 0 Å². The van der Waals surface area contributed by atoms with Gasteiger partial charge in [-0.25, -0.2) is 0 Å². The number of hydrogen-bond acceptors (Lipinski definition) is 4. The van der Waals surface area contributed by atoms with Crippen LogP contribution in [-0.4, -0.2) is 61.3 Å². The molecule has 1 aromatic heterocycles. The van der Waals surface area contributed by atoms with E-state index in [1.165, 1.54) is 43.1 Å². The summed E-state index contributed by atoms with van der Waals surface area (Å²) in [6.45, 7) is 5.44. The van der Waals surface area contributed by atoms with Crippen molar-refractivity contribution in [3.63, 3.8) is 0 Å². The number of aliphatic imine (C=N–C) groups is 1. The van der Waals surface area contributed by atoms with E-state index in [1.54, 1.807) is 0 Å². The second-order valence-electron chi connectivity index (χ2n) is 8.15. The SMILES string of the molecule is CN=C(NCc1ccnc2ccccc12)NCC1(N2CCOCC2)CCCCC1. The van der Waals surface area contributed by atoms with E-state index in [0.717, 1.165) is 50.9 Å². The predicted octanol–water partition coefficient (Wildman–Crippen LogP) is 2.93. The molecule has 0 bridgehead atoms. The molecule has 2 aromatic rings. The number of para-hydroxylation sites is 1. The average Bonchev–Trinajstić information content (AvgIpc) is 2.80. The Bertz CT molecular complexity index is 820. The minimum atomic E-state index is 0.225. The van der Waals surface area contributed by atoms with Gasteiger partial charge in [0.2, 0.25) is 0 Å². The maximum atomic E-state index is 5.60. The molecule has 2 N–H and O–H groups in total. The number of fused-ring (bicyclic) bond motifs is 1. The van der Waals surface area contributed by atoms with Gasteiger partial charge in [-0.05, 0) is 30.5 Å². The lowest BCUT2D eigenvalue weighted by Crippen LogP contribution is -2.60. The third-order valence-corrected chi connectivity index (χ3v) is 6.46. The predicted molar refractivity (Wildman–Crippen MR) is 118 cm³/mol. The summed E-state index contributed by atoms with van der Waals surface area (Å²) in [7, 11) is 1.85. The van der Waals surface area contributed by atoms with Gasteiger partial charge >= 0.3 is 0 Å². The van der Waals surface area contributed by atoms with Gasteiger partial charge in [0.25, 0.3) is 0 Å². The third-order valence-electron chi connectivity index (χ3n) is 6.46. The standard InChI is InChI=1S/C23H33N5O/c1-24-22(26-17-19-9-12-25-21-8-4-3-7-20(19)21)27-18-23(10-5-2-6-11-23)28-13-15-29-16-14-28/h3-4,7-9,12H,2,5-6,10-11,13-18H2,1H3,(H2,24,26,27). The fourth-order valence-electron chi connectivity index (χ4n) is 4.81. The van der Waals surface area contributed by atoms with E-state index in [1.807, 2.05) is 19.3 Å². The van der Waals surface area contributed by atoms with Crippen LogP contribution in [0.1, 0.15) is 37.7 Å². The van der Waals surface area contributed by atoms with Crippen LogP contribution in [0.3, 0.4) is 0 Å². The second-order valence-corrected chi connectivity index (χ2v) is 8.15. The van der Waals surface area contributed by atoms with Gasteiger partial charge in [0.15, 0.2) is 5.96 Å². The molecule has 2 heterocycles. The van der Waals surface area contributed by atoms with Gasteiger partial charge < -0.3 is 15.4 Å². The van der Waals surface area contributed by atoms with E-state index in [-0.39, 0.29) is 5.54 Å². The monoisotopic (exact) mass is 395 g/mol. The minimum absolute atomic E-state index is 0.225. The van der Waals surface area contributed by atoms with Gasteiger partial charge in [0.1, 0.15) is 0 Å². The number of morpholine rings is 1. The average molecular weight is 396 g/mol. The number of pyridine rings is 1. The number of guanidine groups is 1. The van der Waals surface area contributed by atoms with Crippen LogP contribution in [0.25, 0.3) is 10.9 Å². The Kier molecular flexibility index (Phi) is 6.62. The lowest BCUT2D eigenvalue weighted by Gasteiger charge is -2.48. The number of nitrogens with one attached hydrogen (secondary N) is 2. The Morgan fingerprint density at radius 2 is 1.90 bits per heavy atom. The molecule has 2 fully saturated rings. The summed E-state index contributed by atoms with van der Waals surface area (Å²) in [4.78, 5) is 11.6. The third kappa shape index (κ3) is 4.70. The molecule has 2 aliphatic rings. The highest BCUT2D eigenvalue weighted by Crippen LogP contribution is 2.33. The van der Waals surface area contributed by atoms with Crippen LogP contribution in [0.2, 0.25) is 0 Å². The summed E-state index contributed by atoms with van der Waals surface area (Å²) < 4.78 is 5.60. The number of benzene rings is 1. The molecule has 1 saturated carbocycles. The van der Waals surface area contributed by atoms with Crippen molar-refractivity contribution in [1.82, 2.24) is 20.5 Å². The molecule has 1 aromatic carbocycles. The second kappa shape index (κ2) is 9.55. The minimum Gasteiger partial charge on any atom is -0.379 e. The van der Waals surface area contributed by atoms with Crippen molar-refractivity contribution in [3.8, 4) is 0 Å². The molecule has 0 radical (unpaired) electrons. The maximum absolute atomic E-state index is 5.60. The quantitative estimate of drug-likeness (QED) is 0.602. The van der Waals surface area contributed by atoms with E-state index in [4.69, 9.17) is 4.74 Å². The fourth-order valence-corrected chi connectivity index (χ4v) is 4.81. The normalized spacial score (nSPS) is 20.5. The molecule has 1 aliphatic heterocycles. The van der Waals surface area contributed by atoms with Crippen LogP contribution in [-0.2, 0) is 11.3 Å². The van der Waals surface area contributed by atoms with E-state index >= 15 is 0 Å². The lowest BCUT2D eigenvalue weighted by molar-refractivity contribution is -0.0352. The van der Waals surface area contributed by atoms with E-state index < -0.39 is 0 Å². The van der Waals surface area contributed by atoms with Crippen molar-refractivity contribution in [2.24, 2.45) is 4.99 Å². The molecule has 6 nitrogen and oxygen atoms in total. The Labute approximate surface area is 173 Å². The van der Waals surface area contributed by atoms with Crippen molar-refractivity contribution in [3.05, 3.63) is 42.1 Å². The topological polar surface area (TPSA) is 61.8 Å². The number of ether oxygens (including phenoxy) is 1. The highest BCUT2D eigenvalue weighted by molar-refractivity contribution is 5.83. The lowest BCUT2D eigenvalue weighted by atomic mass is 9.80. The van der Waals surface area contributed by atoms with Gasteiger partial charge in [-0.1, -0.05) is 37.5 Å². The molecule has 29 heavy (non-hydrogen) atoms. The van der Waals surface area contributed by atoms with E-state index in [0.29, 0.717) is 0 Å². The molecule has 4 rings (SSSR count). The maximum Gasteiger partial charge on any atom is 0.191 e. The summed E-state index contributed by atoms with van der Waals surface area (Å²) in [5.41, 5.74) is 2.49. The summed E-state index contributed by atoms with van der Waals surface area (Å²) in [5, 5.41) is 8.33. The van der Waals surface area contributed by atoms with Gasteiger partial charge in [0, 0.05) is 50.3 Å². The first-order valence-corrected chi connectivity index (χ1v) is 10.9. The first-order chi connectivity index (χ1) is 14.3. The molecule has 6 heteroatoms. The van der Waals surface area contributed by atoms with Gasteiger partial charge in [-0.3, -0.25) is 14.9 Å².